The zero-order chi connectivity index (χ0) is 23.2. The lowest BCUT2D eigenvalue weighted by Crippen LogP contribution is -2.40. The van der Waals surface area contributed by atoms with E-state index in [9.17, 15) is 18.8 Å². The van der Waals surface area contributed by atoms with Gasteiger partial charge in [0.05, 0.1) is 0 Å². The van der Waals surface area contributed by atoms with Crippen LogP contribution < -0.4 is 10.2 Å². The third-order valence-corrected chi connectivity index (χ3v) is 6.50. The predicted molar refractivity (Wildman–Crippen MR) is 124 cm³/mol. The Balaban J connectivity index is 1.28. The Morgan fingerprint density at radius 3 is 2.70 bits per heavy atom. The third-order valence-electron chi connectivity index (χ3n) is 6.50. The van der Waals surface area contributed by atoms with Gasteiger partial charge in [-0.25, -0.2) is 4.39 Å². The first-order valence-corrected chi connectivity index (χ1v) is 11.7. The van der Waals surface area contributed by atoms with Crippen molar-refractivity contribution in [2.24, 2.45) is 5.92 Å². The maximum atomic E-state index is 13.7. The van der Waals surface area contributed by atoms with Gasteiger partial charge in [0.2, 0.25) is 11.8 Å². The highest BCUT2D eigenvalue weighted by Gasteiger charge is 2.26. The molecule has 0 radical (unpaired) electrons. The minimum absolute atomic E-state index is 0.0304. The molecule has 4 rings (SSSR count). The molecule has 2 aliphatic rings. The van der Waals surface area contributed by atoms with Gasteiger partial charge in [-0.05, 0) is 55.9 Å². The van der Waals surface area contributed by atoms with Crippen LogP contribution in [0.2, 0.25) is 0 Å². The van der Waals surface area contributed by atoms with Gasteiger partial charge < -0.3 is 15.1 Å². The molecule has 0 saturated carbocycles. The number of piperidine rings is 1. The van der Waals surface area contributed by atoms with Crippen LogP contribution in [0.3, 0.4) is 0 Å². The summed E-state index contributed by atoms with van der Waals surface area (Å²) < 4.78 is 13.7. The molecular weight excluding hydrogens is 421 g/mol. The molecule has 1 atom stereocenters. The number of anilines is 1. The zero-order valence-corrected chi connectivity index (χ0v) is 18.8. The molecule has 2 aliphatic heterocycles. The maximum Gasteiger partial charge on any atom is 0.253 e. The topological polar surface area (TPSA) is 69.7 Å². The Bertz CT molecular complexity index is 1030. The van der Waals surface area contributed by atoms with Gasteiger partial charge in [-0.2, -0.15) is 0 Å². The van der Waals surface area contributed by atoms with Gasteiger partial charge in [-0.3, -0.25) is 14.4 Å². The quantitative estimate of drug-likeness (QED) is 0.694. The number of hydrogen-bond donors (Lipinski definition) is 1. The molecule has 2 aromatic carbocycles. The standard InChI is InChI=1S/C26H30FN3O3/c27-23-10-2-1-7-21(23)17-28-24(31)13-12-19-6-4-14-29(18-19)26(33)20-8-3-9-22(16-20)30-15-5-11-25(30)32/h1-3,7-10,16,19H,4-6,11-15,17-18H2,(H,28,31)/t19-/m0/s1. The van der Waals surface area contributed by atoms with Crippen molar-refractivity contribution >= 4 is 23.4 Å². The van der Waals surface area contributed by atoms with Crippen molar-refractivity contribution in [1.29, 1.82) is 0 Å². The lowest BCUT2D eigenvalue weighted by molar-refractivity contribution is -0.121. The van der Waals surface area contributed by atoms with E-state index in [2.05, 4.69) is 5.32 Å². The van der Waals surface area contributed by atoms with Crippen molar-refractivity contribution in [3.05, 3.63) is 65.5 Å². The zero-order valence-electron chi connectivity index (χ0n) is 18.8. The Morgan fingerprint density at radius 1 is 1.06 bits per heavy atom. The molecule has 0 aliphatic carbocycles. The van der Waals surface area contributed by atoms with E-state index in [0.29, 0.717) is 50.0 Å². The number of carbonyl (C=O) groups excluding carboxylic acids is 3. The van der Waals surface area contributed by atoms with Crippen LogP contribution in [-0.2, 0) is 16.1 Å². The number of nitrogens with zero attached hydrogens (tertiary/aromatic N) is 2. The Labute approximate surface area is 193 Å². The van der Waals surface area contributed by atoms with Crippen molar-refractivity contribution in [3.8, 4) is 0 Å². The summed E-state index contributed by atoms with van der Waals surface area (Å²) in [4.78, 5) is 41.0. The highest BCUT2D eigenvalue weighted by atomic mass is 19.1. The normalized spacial score (nSPS) is 18.5. The fourth-order valence-electron chi connectivity index (χ4n) is 4.65. The summed E-state index contributed by atoms with van der Waals surface area (Å²) in [6.07, 6.45) is 4.33. The average Bonchev–Trinajstić information content (AvgIpc) is 3.28. The summed E-state index contributed by atoms with van der Waals surface area (Å²) in [5, 5.41) is 2.78. The minimum Gasteiger partial charge on any atom is -0.352 e. The van der Waals surface area contributed by atoms with Crippen molar-refractivity contribution < 1.29 is 18.8 Å². The summed E-state index contributed by atoms with van der Waals surface area (Å²) in [5.74, 6) is -0.101. The lowest BCUT2D eigenvalue weighted by atomic mass is 9.92. The molecule has 33 heavy (non-hydrogen) atoms. The van der Waals surface area contributed by atoms with Crippen molar-refractivity contribution in [2.75, 3.05) is 24.5 Å². The van der Waals surface area contributed by atoms with Crippen LogP contribution in [0.1, 0.15) is 54.4 Å². The largest absolute Gasteiger partial charge is 0.352 e. The Kier molecular flexibility index (Phi) is 7.37. The van der Waals surface area contributed by atoms with E-state index in [1.807, 2.05) is 23.1 Å². The fourth-order valence-corrected chi connectivity index (χ4v) is 4.65. The fraction of sp³-hybridized carbons (Fsp3) is 0.423. The predicted octanol–water partition coefficient (Wildman–Crippen LogP) is 3.90. The van der Waals surface area contributed by atoms with Gasteiger partial charge in [-0.15, -0.1) is 0 Å². The Morgan fingerprint density at radius 2 is 1.91 bits per heavy atom. The molecule has 6 nitrogen and oxygen atoms in total. The molecular formula is C26H30FN3O3. The van der Waals surface area contributed by atoms with Crippen LogP contribution in [-0.4, -0.2) is 42.3 Å². The first-order valence-electron chi connectivity index (χ1n) is 11.7. The molecule has 0 unspecified atom stereocenters. The molecule has 7 heteroatoms. The first-order chi connectivity index (χ1) is 16.0. The third kappa shape index (κ3) is 5.78. The number of nitrogens with one attached hydrogen (secondary N) is 1. The van der Waals surface area contributed by atoms with Crippen LogP contribution in [0.5, 0.6) is 0 Å². The van der Waals surface area contributed by atoms with E-state index in [0.717, 1.165) is 24.9 Å². The second kappa shape index (κ2) is 10.6. The van der Waals surface area contributed by atoms with Crippen molar-refractivity contribution in [3.63, 3.8) is 0 Å². The van der Waals surface area contributed by atoms with Gasteiger partial charge in [0.1, 0.15) is 5.82 Å². The van der Waals surface area contributed by atoms with Crippen LogP contribution >= 0.6 is 0 Å². The van der Waals surface area contributed by atoms with E-state index >= 15 is 0 Å². The number of rotatable bonds is 7. The average molecular weight is 452 g/mol. The van der Waals surface area contributed by atoms with Crippen LogP contribution in [0.25, 0.3) is 0 Å². The molecule has 2 aromatic rings. The van der Waals surface area contributed by atoms with Crippen LogP contribution in [0.15, 0.2) is 48.5 Å². The monoisotopic (exact) mass is 451 g/mol. The summed E-state index contributed by atoms with van der Waals surface area (Å²) in [6, 6.07) is 13.7. The summed E-state index contributed by atoms with van der Waals surface area (Å²) >= 11 is 0. The number of amides is 3. The molecule has 1 N–H and O–H groups in total. The van der Waals surface area contributed by atoms with Crippen molar-refractivity contribution in [2.45, 2.75) is 45.1 Å². The molecule has 2 heterocycles. The van der Waals surface area contributed by atoms with Crippen LogP contribution in [0.4, 0.5) is 10.1 Å². The number of benzene rings is 2. The highest BCUT2D eigenvalue weighted by molar-refractivity contribution is 5.99. The summed E-state index contributed by atoms with van der Waals surface area (Å²) in [6.45, 7) is 2.19. The first kappa shape index (κ1) is 23.0. The molecule has 174 valence electrons. The molecule has 0 aromatic heterocycles. The van der Waals surface area contributed by atoms with Crippen LogP contribution in [0, 0.1) is 11.7 Å². The van der Waals surface area contributed by atoms with Gasteiger partial charge in [0, 0.05) is 55.8 Å². The van der Waals surface area contributed by atoms with Crippen molar-refractivity contribution in [1.82, 2.24) is 10.2 Å². The van der Waals surface area contributed by atoms with E-state index < -0.39 is 0 Å². The molecule has 2 fully saturated rings. The smallest absolute Gasteiger partial charge is 0.253 e. The molecule has 2 saturated heterocycles. The van der Waals surface area contributed by atoms with E-state index in [1.165, 1.54) is 6.07 Å². The second-order valence-corrected chi connectivity index (χ2v) is 8.87. The lowest BCUT2D eigenvalue weighted by Gasteiger charge is -2.33. The van der Waals surface area contributed by atoms with Gasteiger partial charge in [0.25, 0.3) is 5.91 Å². The number of halogens is 1. The Hall–Kier alpha value is -3.22. The molecule has 0 bridgehead atoms. The highest BCUT2D eigenvalue weighted by Crippen LogP contribution is 2.25. The SMILES string of the molecule is O=C(CC[C@@H]1CCCN(C(=O)c2cccc(N3CCCC3=O)c2)C1)NCc1ccccc1F. The second-order valence-electron chi connectivity index (χ2n) is 8.87. The number of carbonyl (C=O) groups is 3. The van der Waals surface area contributed by atoms with Gasteiger partial charge in [0.15, 0.2) is 0 Å². The minimum atomic E-state index is -0.322. The molecule has 0 spiro atoms. The van der Waals surface area contributed by atoms with E-state index in [4.69, 9.17) is 0 Å². The van der Waals surface area contributed by atoms with Gasteiger partial charge in [-0.1, -0.05) is 24.3 Å². The summed E-state index contributed by atoms with van der Waals surface area (Å²) in [5.41, 5.74) is 1.84. The number of likely N-dealkylation sites (tertiary alicyclic amines) is 1. The number of hydrogen-bond acceptors (Lipinski definition) is 3. The summed E-state index contributed by atoms with van der Waals surface area (Å²) in [7, 11) is 0. The van der Waals surface area contributed by atoms with E-state index in [1.54, 1.807) is 29.2 Å². The molecule has 3 amide bonds. The van der Waals surface area contributed by atoms with Gasteiger partial charge >= 0.3 is 0 Å². The van der Waals surface area contributed by atoms with E-state index in [-0.39, 0.29) is 36.0 Å². The maximum absolute atomic E-state index is 13.7.